The number of carbonyl (C=O) groups is 1. The van der Waals surface area contributed by atoms with Crippen LogP contribution in [0.2, 0.25) is 0 Å². The van der Waals surface area contributed by atoms with Gasteiger partial charge in [0.05, 0.1) is 14.2 Å². The number of halogens is 1. The molecular weight excluding hydrogens is 343 g/mol. The highest BCUT2D eigenvalue weighted by molar-refractivity contribution is 6.01. The number of ketones is 1. The first kappa shape index (κ1) is 17.3. The quantitative estimate of drug-likeness (QED) is 0.631. The van der Waals surface area contributed by atoms with Crippen LogP contribution in [-0.4, -0.2) is 20.0 Å². The van der Waals surface area contributed by atoms with Crippen molar-refractivity contribution in [2.75, 3.05) is 14.2 Å². The molecule has 0 aromatic heterocycles. The van der Waals surface area contributed by atoms with Crippen LogP contribution in [0, 0.1) is 5.82 Å². The molecule has 0 spiro atoms. The molecule has 0 bridgehead atoms. The highest BCUT2D eigenvalue weighted by atomic mass is 19.1. The number of Topliss-reactive ketones (excluding diaryl/α,β-unsaturated/α-hetero) is 1. The summed E-state index contributed by atoms with van der Waals surface area (Å²) in [6.07, 6.45) is 1.27. The van der Waals surface area contributed by atoms with E-state index >= 15 is 0 Å². The van der Waals surface area contributed by atoms with Crippen molar-refractivity contribution in [2.24, 2.45) is 0 Å². The van der Waals surface area contributed by atoms with E-state index in [1.807, 2.05) is 36.4 Å². The number of rotatable bonds is 4. The summed E-state index contributed by atoms with van der Waals surface area (Å²) in [5, 5.41) is 0. The molecule has 27 heavy (non-hydrogen) atoms. The minimum Gasteiger partial charge on any atom is -0.493 e. The van der Waals surface area contributed by atoms with Crippen LogP contribution in [0.1, 0.15) is 22.3 Å². The Morgan fingerprint density at radius 1 is 0.741 bits per heavy atom. The first-order valence-corrected chi connectivity index (χ1v) is 8.79. The Kier molecular flexibility index (Phi) is 4.40. The van der Waals surface area contributed by atoms with Gasteiger partial charge in [0.25, 0.3) is 0 Å². The molecule has 1 aliphatic rings. The standard InChI is InChI=1S/C23H19FO3/c1-26-22-10-6-15(13-23(22)27-2)14-3-7-18(20(24)12-14)16-4-8-19-17(11-16)5-9-21(19)25/h3-4,6-8,10-13H,5,9H2,1-2H3. The fraction of sp³-hybridized carbons (Fsp3) is 0.174. The molecule has 3 nitrogen and oxygen atoms in total. The number of hydrogen-bond donors (Lipinski definition) is 0. The SMILES string of the molecule is COc1ccc(-c2ccc(-c3ccc4c(c3)CCC4=O)c(F)c2)cc1OC. The van der Waals surface area contributed by atoms with Gasteiger partial charge in [0.1, 0.15) is 5.82 Å². The minimum atomic E-state index is -0.299. The minimum absolute atomic E-state index is 0.167. The van der Waals surface area contributed by atoms with Gasteiger partial charge in [-0.25, -0.2) is 4.39 Å². The normalized spacial score (nSPS) is 12.8. The fourth-order valence-corrected chi connectivity index (χ4v) is 3.57. The van der Waals surface area contributed by atoms with Gasteiger partial charge < -0.3 is 9.47 Å². The van der Waals surface area contributed by atoms with Crippen molar-refractivity contribution < 1.29 is 18.7 Å². The molecular formula is C23H19FO3. The zero-order valence-electron chi connectivity index (χ0n) is 15.2. The molecule has 0 unspecified atom stereocenters. The average molecular weight is 362 g/mol. The van der Waals surface area contributed by atoms with Gasteiger partial charge in [-0.2, -0.15) is 0 Å². The van der Waals surface area contributed by atoms with E-state index in [2.05, 4.69) is 0 Å². The lowest BCUT2D eigenvalue weighted by Gasteiger charge is -2.11. The van der Waals surface area contributed by atoms with Gasteiger partial charge in [-0.1, -0.05) is 36.4 Å². The summed E-state index contributed by atoms with van der Waals surface area (Å²) in [6.45, 7) is 0. The number of methoxy groups -OCH3 is 2. The summed E-state index contributed by atoms with van der Waals surface area (Å²) >= 11 is 0. The second-order valence-electron chi connectivity index (χ2n) is 6.56. The van der Waals surface area contributed by atoms with Crippen molar-refractivity contribution in [3.63, 3.8) is 0 Å². The zero-order valence-corrected chi connectivity index (χ0v) is 15.2. The first-order valence-electron chi connectivity index (χ1n) is 8.79. The van der Waals surface area contributed by atoms with E-state index in [1.54, 1.807) is 26.4 Å². The van der Waals surface area contributed by atoms with Crippen LogP contribution in [0.4, 0.5) is 4.39 Å². The van der Waals surface area contributed by atoms with Crippen LogP contribution < -0.4 is 9.47 Å². The summed E-state index contributed by atoms with van der Waals surface area (Å²) in [6, 6.07) is 16.2. The number of aryl methyl sites for hydroxylation is 1. The van der Waals surface area contributed by atoms with Gasteiger partial charge in [0.2, 0.25) is 0 Å². The van der Waals surface area contributed by atoms with Gasteiger partial charge in [-0.05, 0) is 46.9 Å². The van der Waals surface area contributed by atoms with Crippen molar-refractivity contribution in [1.29, 1.82) is 0 Å². The molecule has 0 N–H and O–H groups in total. The van der Waals surface area contributed by atoms with Crippen LogP contribution >= 0.6 is 0 Å². The number of benzene rings is 3. The third-order valence-corrected chi connectivity index (χ3v) is 5.02. The van der Waals surface area contributed by atoms with E-state index in [1.165, 1.54) is 6.07 Å². The van der Waals surface area contributed by atoms with E-state index in [0.717, 1.165) is 34.2 Å². The van der Waals surface area contributed by atoms with Crippen molar-refractivity contribution in [2.45, 2.75) is 12.8 Å². The van der Waals surface area contributed by atoms with Gasteiger partial charge in [0, 0.05) is 17.5 Å². The topological polar surface area (TPSA) is 35.5 Å². The highest BCUT2D eigenvalue weighted by Gasteiger charge is 2.20. The maximum Gasteiger partial charge on any atom is 0.163 e. The Balaban J connectivity index is 1.70. The average Bonchev–Trinajstić information content (AvgIpc) is 3.07. The molecule has 3 aromatic rings. The van der Waals surface area contributed by atoms with Gasteiger partial charge >= 0.3 is 0 Å². The number of hydrogen-bond acceptors (Lipinski definition) is 3. The smallest absolute Gasteiger partial charge is 0.163 e. The molecule has 0 saturated heterocycles. The summed E-state index contributed by atoms with van der Waals surface area (Å²) in [7, 11) is 3.15. The molecule has 4 heteroatoms. The number of fused-ring (bicyclic) bond motifs is 1. The highest BCUT2D eigenvalue weighted by Crippen LogP contribution is 2.35. The molecule has 4 rings (SSSR count). The van der Waals surface area contributed by atoms with Crippen LogP contribution in [0.25, 0.3) is 22.3 Å². The van der Waals surface area contributed by atoms with Gasteiger partial charge in [-0.3, -0.25) is 4.79 Å². The maximum absolute atomic E-state index is 14.9. The number of carbonyl (C=O) groups excluding carboxylic acids is 1. The van der Waals surface area contributed by atoms with E-state index in [4.69, 9.17) is 9.47 Å². The molecule has 0 amide bonds. The molecule has 0 fully saturated rings. The Morgan fingerprint density at radius 2 is 1.41 bits per heavy atom. The van der Waals surface area contributed by atoms with E-state index in [-0.39, 0.29) is 11.6 Å². The Bertz CT molecular complexity index is 1040. The third kappa shape index (κ3) is 3.08. The van der Waals surface area contributed by atoms with Crippen molar-refractivity contribution in [3.8, 4) is 33.8 Å². The van der Waals surface area contributed by atoms with Gasteiger partial charge in [0.15, 0.2) is 17.3 Å². The Labute approximate surface area is 157 Å². The lowest BCUT2D eigenvalue weighted by Crippen LogP contribution is -1.93. The molecule has 0 heterocycles. The monoisotopic (exact) mass is 362 g/mol. The number of ether oxygens (including phenoxy) is 2. The molecule has 1 aliphatic carbocycles. The van der Waals surface area contributed by atoms with E-state index < -0.39 is 0 Å². The van der Waals surface area contributed by atoms with Crippen LogP contribution in [-0.2, 0) is 6.42 Å². The van der Waals surface area contributed by atoms with Crippen molar-refractivity contribution in [1.82, 2.24) is 0 Å². The summed E-state index contributed by atoms with van der Waals surface area (Å²) < 4.78 is 25.4. The summed E-state index contributed by atoms with van der Waals surface area (Å²) in [4.78, 5) is 11.8. The van der Waals surface area contributed by atoms with Crippen molar-refractivity contribution in [3.05, 3.63) is 71.5 Å². The molecule has 0 atom stereocenters. The lowest BCUT2D eigenvalue weighted by molar-refractivity contribution is 0.0994. The molecule has 3 aromatic carbocycles. The van der Waals surface area contributed by atoms with E-state index in [0.29, 0.717) is 23.5 Å². The van der Waals surface area contributed by atoms with E-state index in [9.17, 15) is 9.18 Å². The predicted octanol–water partition coefficient (Wildman–Crippen LogP) is 5.31. The lowest BCUT2D eigenvalue weighted by atomic mass is 9.97. The second kappa shape index (κ2) is 6.88. The fourth-order valence-electron chi connectivity index (χ4n) is 3.57. The molecule has 0 radical (unpaired) electrons. The molecule has 0 aliphatic heterocycles. The van der Waals surface area contributed by atoms with Crippen LogP contribution in [0.5, 0.6) is 11.5 Å². The summed E-state index contributed by atoms with van der Waals surface area (Å²) in [5.41, 5.74) is 4.69. The molecule has 136 valence electrons. The third-order valence-electron chi connectivity index (χ3n) is 5.02. The second-order valence-corrected chi connectivity index (χ2v) is 6.56. The summed E-state index contributed by atoms with van der Waals surface area (Å²) in [5.74, 6) is 1.10. The predicted molar refractivity (Wildman–Crippen MR) is 103 cm³/mol. The van der Waals surface area contributed by atoms with Gasteiger partial charge in [-0.15, -0.1) is 0 Å². The Morgan fingerprint density at radius 3 is 2.15 bits per heavy atom. The Hall–Kier alpha value is -3.14. The largest absolute Gasteiger partial charge is 0.493 e. The van der Waals surface area contributed by atoms with Crippen molar-refractivity contribution >= 4 is 5.78 Å². The molecule has 0 saturated carbocycles. The first-order chi connectivity index (χ1) is 13.1. The zero-order chi connectivity index (χ0) is 19.0. The van der Waals surface area contributed by atoms with Crippen LogP contribution in [0.15, 0.2) is 54.6 Å². The maximum atomic E-state index is 14.9. The van der Waals surface area contributed by atoms with Crippen LogP contribution in [0.3, 0.4) is 0 Å².